The molecule has 0 fully saturated rings. The highest BCUT2D eigenvalue weighted by atomic mass is 32.2. The van der Waals surface area contributed by atoms with Crippen molar-refractivity contribution in [2.45, 2.75) is 46.0 Å². The highest BCUT2D eigenvalue weighted by Crippen LogP contribution is 2.21. The number of carbonyl (C=O) groups is 1. The predicted octanol–water partition coefficient (Wildman–Crippen LogP) is 2.79. The van der Waals surface area contributed by atoms with E-state index in [-0.39, 0.29) is 17.4 Å². The number of nitrogens with one attached hydrogen (secondary N) is 1. The van der Waals surface area contributed by atoms with Crippen molar-refractivity contribution in [1.29, 1.82) is 0 Å². The average molecular weight is 350 g/mol. The number of nitrogens with zero attached hydrogens (tertiary/aromatic N) is 2. The van der Waals surface area contributed by atoms with Gasteiger partial charge in [0.15, 0.2) is 0 Å². The maximum absolute atomic E-state index is 12.0. The van der Waals surface area contributed by atoms with Gasteiger partial charge < -0.3 is 14.8 Å². The molecule has 1 atom stereocenters. The molecule has 0 aliphatic heterocycles. The van der Waals surface area contributed by atoms with Crippen molar-refractivity contribution in [1.82, 2.24) is 14.7 Å². The van der Waals surface area contributed by atoms with Gasteiger partial charge in [0.2, 0.25) is 5.91 Å². The van der Waals surface area contributed by atoms with Gasteiger partial charge in [0.1, 0.15) is 5.65 Å². The predicted molar refractivity (Wildman–Crippen MR) is 99.2 cm³/mol. The Morgan fingerprint density at radius 2 is 2.17 bits per heavy atom. The third kappa shape index (κ3) is 5.83. The number of carbonyl (C=O) groups excluding carboxylic acids is 1. The van der Waals surface area contributed by atoms with E-state index in [9.17, 15) is 9.90 Å². The Kier molecular flexibility index (Phi) is 6.29. The second-order valence-electron chi connectivity index (χ2n) is 7.19. The van der Waals surface area contributed by atoms with E-state index in [2.05, 4.69) is 17.2 Å². The maximum Gasteiger partial charge on any atom is 0.230 e. The fraction of sp³-hybridized carbons (Fsp3) is 0.556. The van der Waals surface area contributed by atoms with Crippen molar-refractivity contribution in [2.75, 3.05) is 12.3 Å². The van der Waals surface area contributed by atoms with Gasteiger partial charge in [-0.15, -0.1) is 11.8 Å². The summed E-state index contributed by atoms with van der Waals surface area (Å²) < 4.78 is 2.02. The van der Waals surface area contributed by atoms with Crippen LogP contribution >= 0.6 is 11.8 Å². The lowest BCUT2D eigenvalue weighted by Crippen LogP contribution is -2.36. The number of amides is 1. The van der Waals surface area contributed by atoms with Gasteiger partial charge >= 0.3 is 0 Å². The summed E-state index contributed by atoms with van der Waals surface area (Å²) in [7, 11) is 0. The van der Waals surface area contributed by atoms with Crippen LogP contribution in [0.25, 0.3) is 5.65 Å². The zero-order valence-electron chi connectivity index (χ0n) is 14.9. The molecule has 0 saturated heterocycles. The molecule has 0 aliphatic carbocycles. The molecule has 132 valence electrons. The summed E-state index contributed by atoms with van der Waals surface area (Å²) >= 11 is 1.56. The fourth-order valence-corrected chi connectivity index (χ4v) is 3.47. The molecule has 1 unspecified atom stereocenters. The molecule has 0 spiro atoms. The lowest BCUT2D eigenvalue weighted by atomic mass is 9.87. The van der Waals surface area contributed by atoms with Gasteiger partial charge in [-0.05, 0) is 37.3 Å². The summed E-state index contributed by atoms with van der Waals surface area (Å²) in [4.78, 5) is 16.5. The molecule has 2 N–H and O–H groups in total. The summed E-state index contributed by atoms with van der Waals surface area (Å²) in [6.07, 6.45) is 4.37. The Labute approximate surface area is 147 Å². The molecular formula is C18H27N3O2S. The molecule has 5 nitrogen and oxygen atoms in total. The second kappa shape index (κ2) is 8.03. The first kappa shape index (κ1) is 18.8. The van der Waals surface area contributed by atoms with E-state index in [0.29, 0.717) is 24.5 Å². The first-order valence-corrected chi connectivity index (χ1v) is 9.37. The van der Waals surface area contributed by atoms with Crippen molar-refractivity contribution < 1.29 is 9.90 Å². The molecule has 6 heteroatoms. The Morgan fingerprint density at radius 1 is 1.42 bits per heavy atom. The molecule has 24 heavy (non-hydrogen) atoms. The highest BCUT2D eigenvalue weighted by molar-refractivity contribution is 7.99. The number of hydrogen-bond donors (Lipinski definition) is 2. The smallest absolute Gasteiger partial charge is 0.230 e. The number of hydrogen-bond acceptors (Lipinski definition) is 4. The lowest BCUT2D eigenvalue weighted by molar-refractivity contribution is -0.119. The number of aromatic nitrogens is 2. The minimum Gasteiger partial charge on any atom is -0.393 e. The molecular weight excluding hydrogens is 322 g/mol. The number of rotatable bonds is 8. The molecule has 2 aromatic heterocycles. The number of aryl methyl sites for hydroxylation is 1. The minimum atomic E-state index is -0.357. The van der Waals surface area contributed by atoms with E-state index in [0.717, 1.165) is 11.3 Å². The van der Waals surface area contributed by atoms with E-state index in [4.69, 9.17) is 0 Å². The van der Waals surface area contributed by atoms with Crippen LogP contribution in [0.5, 0.6) is 0 Å². The summed E-state index contributed by atoms with van der Waals surface area (Å²) in [5, 5.41) is 12.4. The van der Waals surface area contributed by atoms with Gasteiger partial charge in [0.05, 0.1) is 17.6 Å². The van der Waals surface area contributed by atoms with Crippen LogP contribution in [0.3, 0.4) is 0 Å². The third-order valence-corrected chi connectivity index (χ3v) is 4.71. The number of fused-ring (bicyclic) bond motifs is 1. The molecule has 0 saturated carbocycles. The normalized spacial score (nSPS) is 13.2. The quantitative estimate of drug-likeness (QED) is 0.769. The second-order valence-corrected chi connectivity index (χ2v) is 8.18. The Hall–Kier alpha value is -1.53. The van der Waals surface area contributed by atoms with Crippen molar-refractivity contribution in [3.8, 4) is 0 Å². The maximum atomic E-state index is 12.0. The fourth-order valence-electron chi connectivity index (χ4n) is 2.73. The largest absolute Gasteiger partial charge is 0.393 e. The van der Waals surface area contributed by atoms with Gasteiger partial charge in [-0.2, -0.15) is 0 Å². The summed E-state index contributed by atoms with van der Waals surface area (Å²) in [5.41, 5.74) is 3.00. The third-order valence-electron chi connectivity index (χ3n) is 3.74. The van der Waals surface area contributed by atoms with Crippen molar-refractivity contribution >= 4 is 23.3 Å². The van der Waals surface area contributed by atoms with Gasteiger partial charge in [-0.1, -0.05) is 19.9 Å². The van der Waals surface area contributed by atoms with Crippen molar-refractivity contribution in [3.63, 3.8) is 0 Å². The van der Waals surface area contributed by atoms with E-state index < -0.39 is 0 Å². The van der Waals surface area contributed by atoms with Gasteiger partial charge in [0.25, 0.3) is 0 Å². The monoisotopic (exact) mass is 349 g/mol. The van der Waals surface area contributed by atoms with E-state index in [1.54, 1.807) is 18.7 Å². The van der Waals surface area contributed by atoms with Crippen molar-refractivity contribution in [2.24, 2.45) is 5.41 Å². The zero-order chi connectivity index (χ0) is 17.7. The van der Waals surface area contributed by atoms with Gasteiger partial charge in [-0.25, -0.2) is 4.98 Å². The topological polar surface area (TPSA) is 66.6 Å². The first-order valence-electron chi connectivity index (χ1n) is 8.22. The van der Waals surface area contributed by atoms with Gasteiger partial charge in [0, 0.05) is 24.7 Å². The molecule has 0 bridgehead atoms. The molecule has 2 aromatic rings. The molecule has 1 amide bonds. The molecule has 0 radical (unpaired) electrons. The Balaban J connectivity index is 1.75. The van der Waals surface area contributed by atoms with E-state index >= 15 is 0 Å². The number of aliphatic hydroxyl groups excluding tert-OH is 1. The van der Waals surface area contributed by atoms with Crippen LogP contribution in [0.2, 0.25) is 0 Å². The first-order chi connectivity index (χ1) is 11.2. The Morgan fingerprint density at radius 3 is 2.88 bits per heavy atom. The standard InChI is InChI=1S/C18H27N3O2S/c1-13-5-6-16-20-15(9-21(16)8-13)10-24-11-17(23)19-12-18(3,4)7-14(2)22/h5-6,8-9,14,22H,7,10-12H2,1-4H3,(H,19,23). The van der Waals surface area contributed by atoms with Crippen LogP contribution in [0, 0.1) is 12.3 Å². The van der Waals surface area contributed by atoms with Crippen LogP contribution < -0.4 is 5.32 Å². The molecule has 0 aliphatic rings. The van der Waals surface area contributed by atoms with Crippen molar-refractivity contribution in [3.05, 3.63) is 35.8 Å². The molecule has 2 rings (SSSR count). The average Bonchev–Trinajstić information content (AvgIpc) is 2.85. The van der Waals surface area contributed by atoms with E-state index in [1.165, 1.54) is 5.56 Å². The summed E-state index contributed by atoms with van der Waals surface area (Å²) in [5.74, 6) is 1.15. The van der Waals surface area contributed by atoms with Crippen LogP contribution in [0.15, 0.2) is 24.5 Å². The number of imidazole rings is 1. The molecule has 0 aromatic carbocycles. The van der Waals surface area contributed by atoms with Gasteiger partial charge in [-0.3, -0.25) is 4.79 Å². The zero-order valence-corrected chi connectivity index (χ0v) is 15.7. The van der Waals surface area contributed by atoms with E-state index in [1.807, 2.05) is 42.8 Å². The molecule has 2 heterocycles. The summed E-state index contributed by atoms with van der Waals surface area (Å²) in [6.45, 7) is 8.50. The number of thioether (sulfide) groups is 1. The minimum absolute atomic E-state index is 0.0262. The SMILES string of the molecule is Cc1ccc2nc(CSCC(=O)NCC(C)(C)CC(C)O)cn2c1. The number of aliphatic hydroxyl groups is 1. The summed E-state index contributed by atoms with van der Waals surface area (Å²) in [6, 6.07) is 4.04. The number of pyridine rings is 1. The van der Waals surface area contributed by atoms with Crippen LogP contribution in [0.4, 0.5) is 0 Å². The van der Waals surface area contributed by atoms with Crippen LogP contribution in [-0.2, 0) is 10.5 Å². The Bertz CT molecular complexity index is 695. The lowest BCUT2D eigenvalue weighted by Gasteiger charge is -2.26. The van der Waals surface area contributed by atoms with Crippen LogP contribution in [-0.4, -0.2) is 38.8 Å². The highest BCUT2D eigenvalue weighted by Gasteiger charge is 2.21. The van der Waals surface area contributed by atoms with Crippen LogP contribution in [0.1, 0.15) is 38.4 Å².